The Hall–Kier alpha value is -3.85. The number of halogens is 1. The summed E-state index contributed by atoms with van der Waals surface area (Å²) in [5.74, 6) is -3.13. The summed E-state index contributed by atoms with van der Waals surface area (Å²) in [6.45, 7) is 3.00. The Kier molecular flexibility index (Phi) is 8.20. The van der Waals surface area contributed by atoms with Crippen molar-refractivity contribution >= 4 is 46.9 Å². The molecule has 33 heavy (non-hydrogen) atoms. The fourth-order valence-electron chi connectivity index (χ4n) is 2.97. The monoisotopic (exact) mass is 473 g/mol. The van der Waals surface area contributed by atoms with Crippen molar-refractivity contribution in [1.82, 2.24) is 5.32 Å². The summed E-state index contributed by atoms with van der Waals surface area (Å²) in [5.41, 5.74) is 6.10. The minimum atomic E-state index is -1.05. The fourth-order valence-corrected chi connectivity index (χ4v) is 2.97. The molecule has 0 aliphatic carbocycles. The largest absolute Gasteiger partial charge is 0.481 e. The third-order valence-corrected chi connectivity index (χ3v) is 5.19. The molecular weight excluding hydrogens is 450 g/mol. The molecule has 10 heteroatoms. The van der Waals surface area contributed by atoms with Gasteiger partial charge in [0.1, 0.15) is 17.3 Å². The molecule has 0 aliphatic heterocycles. The van der Waals surface area contributed by atoms with E-state index in [0.29, 0.717) is 17.1 Å². The Labute approximate surface area is 195 Å². The number of rotatable bonds is 8. The van der Waals surface area contributed by atoms with Crippen LogP contribution in [0.15, 0.2) is 52.9 Å². The second-order valence-electron chi connectivity index (χ2n) is 7.43. The van der Waals surface area contributed by atoms with Gasteiger partial charge in [0.2, 0.25) is 11.7 Å². The number of fused-ring (bicyclic) bond motifs is 1. The van der Waals surface area contributed by atoms with Crippen LogP contribution in [0.3, 0.4) is 0 Å². The van der Waals surface area contributed by atoms with E-state index < -0.39 is 29.7 Å². The van der Waals surface area contributed by atoms with Crippen LogP contribution in [0.5, 0.6) is 5.75 Å². The molecule has 9 nitrogen and oxygen atoms in total. The van der Waals surface area contributed by atoms with Gasteiger partial charge in [-0.3, -0.25) is 15.0 Å². The van der Waals surface area contributed by atoms with Crippen molar-refractivity contribution in [1.29, 1.82) is 5.41 Å². The van der Waals surface area contributed by atoms with Gasteiger partial charge >= 0.3 is 11.9 Å². The normalized spacial score (nSPS) is 12.3. The summed E-state index contributed by atoms with van der Waals surface area (Å²) in [6.07, 6.45) is 0. The van der Waals surface area contributed by atoms with Crippen LogP contribution in [0.4, 0.5) is 0 Å². The Morgan fingerprint density at radius 1 is 1.06 bits per heavy atom. The van der Waals surface area contributed by atoms with E-state index >= 15 is 0 Å². The van der Waals surface area contributed by atoms with Crippen molar-refractivity contribution in [2.45, 2.75) is 20.4 Å². The number of carboxylic acids is 1. The lowest BCUT2D eigenvalue weighted by atomic mass is 9.95. The number of carboxylic acid groups (broad SMARTS) is 1. The van der Waals surface area contributed by atoms with Crippen molar-refractivity contribution in [3.63, 3.8) is 0 Å². The molecule has 0 bridgehead atoms. The average Bonchev–Trinajstić information content (AvgIpc) is 3.25. The lowest BCUT2D eigenvalue weighted by molar-refractivity contribution is -0.146. The smallest absolute Gasteiger partial charge is 0.379 e. The summed E-state index contributed by atoms with van der Waals surface area (Å²) in [7, 11) is 0. The average molecular weight is 474 g/mol. The molecule has 174 valence electrons. The van der Waals surface area contributed by atoms with Gasteiger partial charge in [-0.2, -0.15) is 0 Å². The first-order valence-corrected chi connectivity index (χ1v) is 9.85. The number of carbonyl (C=O) groups is 3. The van der Waals surface area contributed by atoms with E-state index in [4.69, 9.17) is 25.4 Å². The quantitative estimate of drug-likeness (QED) is 0.169. The van der Waals surface area contributed by atoms with E-state index in [2.05, 4.69) is 5.32 Å². The zero-order chi connectivity index (χ0) is 23.4. The van der Waals surface area contributed by atoms with Gasteiger partial charge in [0, 0.05) is 11.5 Å². The van der Waals surface area contributed by atoms with Crippen LogP contribution in [0.25, 0.3) is 10.8 Å². The minimum Gasteiger partial charge on any atom is -0.481 e. The molecule has 3 rings (SSSR count). The highest BCUT2D eigenvalue weighted by Gasteiger charge is 2.25. The molecule has 0 radical (unpaired) electrons. The predicted molar refractivity (Wildman–Crippen MR) is 124 cm³/mol. The van der Waals surface area contributed by atoms with Gasteiger partial charge in [0.05, 0.1) is 12.5 Å². The van der Waals surface area contributed by atoms with Crippen LogP contribution in [0.1, 0.15) is 35.7 Å². The van der Waals surface area contributed by atoms with E-state index in [9.17, 15) is 14.4 Å². The van der Waals surface area contributed by atoms with Crippen LogP contribution in [0.2, 0.25) is 0 Å². The maximum atomic E-state index is 12.4. The number of nitrogen functional groups attached to an aromatic ring is 1. The first-order chi connectivity index (χ1) is 15.2. The number of benzene rings is 2. The molecule has 2 aromatic carbocycles. The van der Waals surface area contributed by atoms with Crippen LogP contribution >= 0.6 is 12.4 Å². The number of carbonyl (C=O) groups excluding carboxylic acids is 2. The third-order valence-electron chi connectivity index (χ3n) is 5.19. The van der Waals surface area contributed by atoms with Crippen molar-refractivity contribution < 1.29 is 28.6 Å². The molecule has 3 aromatic rings. The number of ether oxygens (including phenoxy) is 1. The molecule has 2 unspecified atom stereocenters. The number of aliphatic carboxylic acids is 1. The molecule has 0 saturated carbocycles. The highest BCUT2D eigenvalue weighted by atomic mass is 35.5. The molecular formula is C23H24ClN3O6. The molecule has 5 N–H and O–H groups in total. The van der Waals surface area contributed by atoms with Gasteiger partial charge in [0.25, 0.3) is 0 Å². The van der Waals surface area contributed by atoms with E-state index in [1.165, 1.54) is 26.0 Å². The number of amidine groups is 1. The number of amides is 1. The molecule has 0 fully saturated rings. The first-order valence-electron chi connectivity index (χ1n) is 9.85. The van der Waals surface area contributed by atoms with E-state index in [0.717, 1.165) is 10.8 Å². The van der Waals surface area contributed by atoms with Crippen LogP contribution < -0.4 is 15.8 Å². The Bertz CT molecular complexity index is 1210. The van der Waals surface area contributed by atoms with E-state index in [1.54, 1.807) is 36.4 Å². The maximum Gasteiger partial charge on any atom is 0.379 e. The number of hydrogen-bond donors (Lipinski definition) is 4. The van der Waals surface area contributed by atoms with Crippen molar-refractivity contribution in [3.05, 3.63) is 65.6 Å². The van der Waals surface area contributed by atoms with Gasteiger partial charge in [-0.1, -0.05) is 32.0 Å². The second kappa shape index (κ2) is 10.6. The highest BCUT2D eigenvalue weighted by molar-refractivity contribution is 5.99. The highest BCUT2D eigenvalue weighted by Crippen LogP contribution is 2.23. The van der Waals surface area contributed by atoms with Crippen LogP contribution in [-0.4, -0.2) is 28.8 Å². The van der Waals surface area contributed by atoms with Gasteiger partial charge < -0.3 is 25.3 Å². The number of esters is 1. The number of nitrogens with one attached hydrogen (secondary N) is 2. The molecule has 2 atom stereocenters. The SMILES string of the molecule is CC(C(=O)O)C(C)C(=O)NCc1ccc(C(=O)Oc2ccc3cc(C(=N)N)ccc3c2)o1.Cl. The maximum absolute atomic E-state index is 12.4. The number of hydrogen-bond acceptors (Lipinski definition) is 6. The summed E-state index contributed by atoms with van der Waals surface area (Å²) in [6, 6.07) is 13.3. The molecule has 0 saturated heterocycles. The lowest BCUT2D eigenvalue weighted by Gasteiger charge is -2.15. The van der Waals surface area contributed by atoms with Gasteiger partial charge in [-0.25, -0.2) is 4.79 Å². The number of nitrogens with two attached hydrogens (primary N) is 1. The fraction of sp³-hybridized carbons (Fsp3) is 0.217. The molecule has 0 spiro atoms. The van der Waals surface area contributed by atoms with Gasteiger partial charge in [-0.05, 0) is 41.1 Å². The van der Waals surface area contributed by atoms with Crippen LogP contribution in [0, 0.1) is 17.2 Å². The summed E-state index contributed by atoms with van der Waals surface area (Å²) in [5, 5.41) is 20.8. The Morgan fingerprint density at radius 3 is 2.39 bits per heavy atom. The summed E-state index contributed by atoms with van der Waals surface area (Å²) in [4.78, 5) is 35.5. The molecule has 1 aromatic heterocycles. The first kappa shape index (κ1) is 25.4. The summed E-state index contributed by atoms with van der Waals surface area (Å²) < 4.78 is 10.8. The Balaban J connectivity index is 0.00000385. The zero-order valence-corrected chi connectivity index (χ0v) is 18.8. The summed E-state index contributed by atoms with van der Waals surface area (Å²) >= 11 is 0. The second-order valence-corrected chi connectivity index (χ2v) is 7.43. The third kappa shape index (κ3) is 6.11. The topological polar surface area (TPSA) is 156 Å². The van der Waals surface area contributed by atoms with Gasteiger partial charge in [0.15, 0.2) is 0 Å². The van der Waals surface area contributed by atoms with E-state index in [-0.39, 0.29) is 30.5 Å². The predicted octanol–water partition coefficient (Wildman–Crippen LogP) is 3.33. The lowest BCUT2D eigenvalue weighted by Crippen LogP contribution is -2.34. The molecule has 0 aliphatic rings. The molecule has 1 heterocycles. The Morgan fingerprint density at radius 2 is 1.73 bits per heavy atom. The van der Waals surface area contributed by atoms with Crippen molar-refractivity contribution in [2.24, 2.45) is 17.6 Å². The number of furan rings is 1. The zero-order valence-electron chi connectivity index (χ0n) is 18.0. The van der Waals surface area contributed by atoms with Gasteiger partial charge in [-0.15, -0.1) is 12.4 Å². The standard InChI is InChI=1S/C23H23N3O6.ClH/c1-12(13(2)22(28)29)21(27)26-11-18-7-8-19(31-18)23(30)32-17-6-5-14-9-16(20(24)25)4-3-15(14)10-17;/h3-10,12-13H,11H2,1-2H3,(H3,24,25)(H,26,27)(H,28,29);1H. The van der Waals surface area contributed by atoms with E-state index in [1.807, 2.05) is 0 Å². The van der Waals surface area contributed by atoms with Crippen molar-refractivity contribution in [3.8, 4) is 5.75 Å². The van der Waals surface area contributed by atoms with Crippen molar-refractivity contribution in [2.75, 3.05) is 0 Å². The van der Waals surface area contributed by atoms with Crippen LogP contribution in [-0.2, 0) is 16.1 Å². The molecule has 1 amide bonds. The minimum absolute atomic E-state index is 0.